The Bertz CT molecular complexity index is 196. The van der Waals surface area contributed by atoms with Crippen LogP contribution in [0.4, 0.5) is 0 Å². The first-order valence-corrected chi connectivity index (χ1v) is 4.31. The summed E-state index contributed by atoms with van der Waals surface area (Å²) in [6.07, 6.45) is 1.38. The fourth-order valence-corrected chi connectivity index (χ4v) is 1.45. The largest absolute Gasteiger partial charge is 0.334 e. The number of hydrogen-bond donors (Lipinski definition) is 1. The van der Waals surface area contributed by atoms with Gasteiger partial charge in [-0.2, -0.15) is 0 Å². The molecule has 0 radical (unpaired) electrons. The molecular formula is C9H17ClN2O. The molecule has 0 aromatic heterocycles. The van der Waals surface area contributed by atoms with Crippen LogP contribution < -0.4 is 5.32 Å². The molecule has 1 N–H and O–H groups in total. The highest BCUT2D eigenvalue weighted by Crippen LogP contribution is 2.06. The van der Waals surface area contributed by atoms with Gasteiger partial charge in [-0.05, 0) is 19.9 Å². The Kier molecular flexibility index (Phi) is 5.03. The first-order chi connectivity index (χ1) is 5.65. The van der Waals surface area contributed by atoms with Gasteiger partial charge in [-0.1, -0.05) is 6.58 Å². The van der Waals surface area contributed by atoms with Gasteiger partial charge in [-0.25, -0.2) is 0 Å². The zero-order valence-corrected chi connectivity index (χ0v) is 8.93. The Morgan fingerprint density at radius 3 is 2.77 bits per heavy atom. The van der Waals surface area contributed by atoms with Crippen molar-refractivity contribution in [1.29, 1.82) is 0 Å². The van der Waals surface area contributed by atoms with Gasteiger partial charge < -0.3 is 10.2 Å². The van der Waals surface area contributed by atoms with E-state index in [9.17, 15) is 4.79 Å². The molecule has 1 aliphatic heterocycles. The van der Waals surface area contributed by atoms with Gasteiger partial charge in [0.15, 0.2) is 0 Å². The van der Waals surface area contributed by atoms with E-state index >= 15 is 0 Å². The van der Waals surface area contributed by atoms with E-state index in [0.717, 1.165) is 13.1 Å². The maximum absolute atomic E-state index is 11.3. The quantitative estimate of drug-likeness (QED) is 0.641. The summed E-state index contributed by atoms with van der Waals surface area (Å²) in [5.74, 6) is 0.0378. The fraction of sp³-hybridized carbons (Fsp3) is 0.667. The highest BCUT2D eigenvalue weighted by atomic mass is 35.5. The zero-order chi connectivity index (χ0) is 9.14. The van der Waals surface area contributed by atoms with Crippen molar-refractivity contribution in [3.63, 3.8) is 0 Å². The Balaban J connectivity index is 0.00000144. The molecule has 1 saturated heterocycles. The Morgan fingerprint density at radius 1 is 1.62 bits per heavy atom. The first-order valence-electron chi connectivity index (χ1n) is 4.31. The number of amides is 1. The Labute approximate surface area is 85.6 Å². The predicted molar refractivity (Wildman–Crippen MR) is 56.1 cm³/mol. The van der Waals surface area contributed by atoms with Crippen molar-refractivity contribution in [3.05, 3.63) is 12.7 Å². The second kappa shape index (κ2) is 5.25. The average molecular weight is 205 g/mol. The molecule has 0 aromatic rings. The minimum absolute atomic E-state index is 0. The second-order valence-corrected chi connectivity index (χ2v) is 3.35. The smallest absolute Gasteiger partial charge is 0.246 e. The van der Waals surface area contributed by atoms with Crippen LogP contribution in [-0.2, 0) is 4.79 Å². The van der Waals surface area contributed by atoms with Crippen molar-refractivity contribution in [2.75, 3.05) is 13.1 Å². The molecule has 0 aromatic carbocycles. The standard InChI is InChI=1S/C9H16N2O.ClH/c1-4-9(12)11-6-7(2)10-5-8(11)3;/h4,7-8,10H,1,5-6H2,2-3H3;1H. The number of hydrogen-bond acceptors (Lipinski definition) is 2. The molecular weight excluding hydrogens is 188 g/mol. The fourth-order valence-electron chi connectivity index (χ4n) is 1.45. The minimum atomic E-state index is 0. The number of nitrogens with zero attached hydrogens (tertiary/aromatic N) is 1. The number of halogens is 1. The van der Waals surface area contributed by atoms with Crippen LogP contribution in [0.1, 0.15) is 13.8 Å². The van der Waals surface area contributed by atoms with Crippen LogP contribution in [0, 0.1) is 0 Å². The summed E-state index contributed by atoms with van der Waals surface area (Å²) in [4.78, 5) is 13.2. The SMILES string of the molecule is C=CC(=O)N1CC(C)NCC1C.Cl. The van der Waals surface area contributed by atoms with Crippen LogP contribution in [0.5, 0.6) is 0 Å². The number of carbonyl (C=O) groups excluding carboxylic acids is 1. The summed E-state index contributed by atoms with van der Waals surface area (Å²) in [5.41, 5.74) is 0. The van der Waals surface area contributed by atoms with E-state index in [1.807, 2.05) is 11.8 Å². The summed E-state index contributed by atoms with van der Waals surface area (Å²) >= 11 is 0. The van der Waals surface area contributed by atoms with Crippen molar-refractivity contribution in [2.45, 2.75) is 25.9 Å². The summed E-state index contributed by atoms with van der Waals surface area (Å²) in [6, 6.07) is 0.678. The molecule has 0 spiro atoms. The van der Waals surface area contributed by atoms with Gasteiger partial charge in [0.25, 0.3) is 0 Å². The van der Waals surface area contributed by atoms with Gasteiger partial charge in [-0.3, -0.25) is 4.79 Å². The van der Waals surface area contributed by atoms with Crippen molar-refractivity contribution >= 4 is 18.3 Å². The molecule has 1 heterocycles. The van der Waals surface area contributed by atoms with Gasteiger partial charge in [0.1, 0.15) is 0 Å². The van der Waals surface area contributed by atoms with E-state index in [0.29, 0.717) is 6.04 Å². The maximum atomic E-state index is 11.3. The zero-order valence-electron chi connectivity index (χ0n) is 8.12. The molecule has 0 aliphatic carbocycles. The van der Waals surface area contributed by atoms with E-state index in [2.05, 4.69) is 18.8 Å². The number of carbonyl (C=O) groups is 1. The maximum Gasteiger partial charge on any atom is 0.246 e. The highest BCUT2D eigenvalue weighted by Gasteiger charge is 2.24. The van der Waals surface area contributed by atoms with Crippen molar-refractivity contribution in [2.24, 2.45) is 0 Å². The summed E-state index contributed by atoms with van der Waals surface area (Å²) in [6.45, 7) is 9.26. The van der Waals surface area contributed by atoms with E-state index in [-0.39, 0.29) is 24.4 Å². The molecule has 1 fully saturated rings. The lowest BCUT2D eigenvalue weighted by atomic mass is 10.1. The van der Waals surface area contributed by atoms with Crippen molar-refractivity contribution < 1.29 is 4.79 Å². The van der Waals surface area contributed by atoms with Crippen LogP contribution in [0.2, 0.25) is 0 Å². The third-order valence-electron chi connectivity index (χ3n) is 2.22. The number of rotatable bonds is 1. The van der Waals surface area contributed by atoms with Gasteiger partial charge >= 0.3 is 0 Å². The molecule has 2 unspecified atom stereocenters. The van der Waals surface area contributed by atoms with Gasteiger partial charge in [0, 0.05) is 25.2 Å². The van der Waals surface area contributed by atoms with Crippen LogP contribution >= 0.6 is 12.4 Å². The molecule has 13 heavy (non-hydrogen) atoms. The highest BCUT2D eigenvalue weighted by molar-refractivity contribution is 5.87. The number of nitrogens with one attached hydrogen (secondary N) is 1. The molecule has 4 heteroatoms. The molecule has 1 amide bonds. The minimum Gasteiger partial charge on any atom is -0.334 e. The third kappa shape index (κ3) is 3.01. The Hall–Kier alpha value is -0.540. The second-order valence-electron chi connectivity index (χ2n) is 3.35. The van der Waals surface area contributed by atoms with Crippen LogP contribution in [0.25, 0.3) is 0 Å². The van der Waals surface area contributed by atoms with Crippen LogP contribution in [-0.4, -0.2) is 36.0 Å². The Morgan fingerprint density at radius 2 is 2.23 bits per heavy atom. The van der Waals surface area contributed by atoms with Crippen molar-refractivity contribution in [1.82, 2.24) is 10.2 Å². The van der Waals surface area contributed by atoms with Gasteiger partial charge in [0.05, 0.1) is 0 Å². The van der Waals surface area contributed by atoms with E-state index in [4.69, 9.17) is 0 Å². The molecule has 3 nitrogen and oxygen atoms in total. The summed E-state index contributed by atoms with van der Waals surface area (Å²) in [7, 11) is 0. The molecule has 0 bridgehead atoms. The molecule has 1 rings (SSSR count). The van der Waals surface area contributed by atoms with Crippen molar-refractivity contribution in [3.8, 4) is 0 Å². The molecule has 0 saturated carbocycles. The van der Waals surface area contributed by atoms with E-state index in [1.165, 1.54) is 6.08 Å². The lowest BCUT2D eigenvalue weighted by Gasteiger charge is -2.36. The molecule has 76 valence electrons. The summed E-state index contributed by atoms with van der Waals surface area (Å²) < 4.78 is 0. The first kappa shape index (κ1) is 12.5. The normalized spacial score (nSPS) is 27.7. The van der Waals surface area contributed by atoms with E-state index in [1.54, 1.807) is 0 Å². The van der Waals surface area contributed by atoms with Gasteiger partial charge in [0.2, 0.25) is 5.91 Å². The van der Waals surface area contributed by atoms with Crippen LogP contribution in [0.15, 0.2) is 12.7 Å². The lowest BCUT2D eigenvalue weighted by Crippen LogP contribution is -2.55. The summed E-state index contributed by atoms with van der Waals surface area (Å²) in [5, 5.41) is 3.31. The van der Waals surface area contributed by atoms with E-state index < -0.39 is 0 Å². The topological polar surface area (TPSA) is 32.3 Å². The molecule has 2 atom stereocenters. The number of piperazine rings is 1. The lowest BCUT2D eigenvalue weighted by molar-refractivity contribution is -0.129. The monoisotopic (exact) mass is 204 g/mol. The average Bonchev–Trinajstić information content (AvgIpc) is 2.08. The van der Waals surface area contributed by atoms with Gasteiger partial charge in [-0.15, -0.1) is 12.4 Å². The van der Waals surface area contributed by atoms with Crippen LogP contribution in [0.3, 0.4) is 0 Å². The predicted octanol–water partition coefficient (Wildman–Crippen LogP) is 0.803. The molecule has 1 aliphatic rings. The third-order valence-corrected chi connectivity index (χ3v) is 2.22.